The number of ether oxygens (including phenoxy) is 2. The summed E-state index contributed by atoms with van der Waals surface area (Å²) in [6, 6.07) is 8.96. The fraction of sp³-hybridized carbons (Fsp3) is 0.727. The van der Waals surface area contributed by atoms with Crippen LogP contribution in [0.25, 0.3) is 0 Å². The summed E-state index contributed by atoms with van der Waals surface area (Å²) in [6.07, 6.45) is 11.1. The predicted molar refractivity (Wildman–Crippen MR) is 103 cm³/mol. The van der Waals surface area contributed by atoms with Crippen molar-refractivity contribution in [2.24, 2.45) is 11.8 Å². The normalized spacial score (nSPS) is 19.7. The molecule has 140 valence electrons. The van der Waals surface area contributed by atoms with Crippen molar-refractivity contribution in [3.8, 4) is 5.75 Å². The average Bonchev–Trinajstić information content (AvgIpc) is 3.46. The highest BCUT2D eigenvalue weighted by Gasteiger charge is 2.21. The van der Waals surface area contributed by atoms with Crippen LogP contribution in [0.4, 0.5) is 0 Å². The number of hydrogen-bond acceptors (Lipinski definition) is 3. The fourth-order valence-corrected chi connectivity index (χ4v) is 3.83. The Balaban J connectivity index is 1.37. The van der Waals surface area contributed by atoms with Crippen molar-refractivity contribution in [3.05, 3.63) is 29.8 Å². The minimum atomic E-state index is 0.568. The van der Waals surface area contributed by atoms with Crippen molar-refractivity contribution >= 4 is 0 Å². The van der Waals surface area contributed by atoms with E-state index in [2.05, 4.69) is 36.5 Å². The van der Waals surface area contributed by atoms with Crippen molar-refractivity contribution < 1.29 is 9.47 Å². The molecule has 0 spiro atoms. The van der Waals surface area contributed by atoms with Crippen LogP contribution in [-0.4, -0.2) is 25.9 Å². The molecule has 2 fully saturated rings. The van der Waals surface area contributed by atoms with Gasteiger partial charge in [0.15, 0.2) is 0 Å². The van der Waals surface area contributed by atoms with E-state index in [1.807, 2.05) is 0 Å². The van der Waals surface area contributed by atoms with Gasteiger partial charge in [-0.05, 0) is 44.1 Å². The van der Waals surface area contributed by atoms with Crippen LogP contribution in [0.15, 0.2) is 24.3 Å². The SMILES string of the molecule is CC(CC1CCCCC1)NCc1ccccc1OCCOCC1CC1. The molecule has 1 aromatic carbocycles. The lowest BCUT2D eigenvalue weighted by Crippen LogP contribution is -2.28. The molecule has 0 amide bonds. The van der Waals surface area contributed by atoms with Crippen molar-refractivity contribution in [1.29, 1.82) is 0 Å². The van der Waals surface area contributed by atoms with Crippen molar-refractivity contribution in [2.45, 2.75) is 70.9 Å². The summed E-state index contributed by atoms with van der Waals surface area (Å²) in [4.78, 5) is 0. The van der Waals surface area contributed by atoms with Gasteiger partial charge < -0.3 is 14.8 Å². The second-order valence-electron chi connectivity index (χ2n) is 8.00. The molecular formula is C22H35NO2. The van der Waals surface area contributed by atoms with E-state index in [0.29, 0.717) is 19.3 Å². The molecule has 2 aliphatic carbocycles. The molecule has 0 radical (unpaired) electrons. The minimum absolute atomic E-state index is 0.568. The van der Waals surface area contributed by atoms with Crippen LogP contribution >= 0.6 is 0 Å². The Morgan fingerprint density at radius 2 is 1.80 bits per heavy atom. The lowest BCUT2D eigenvalue weighted by atomic mass is 9.85. The highest BCUT2D eigenvalue weighted by molar-refractivity contribution is 5.33. The Morgan fingerprint density at radius 3 is 2.60 bits per heavy atom. The second kappa shape index (κ2) is 10.2. The van der Waals surface area contributed by atoms with E-state index < -0.39 is 0 Å². The number of benzene rings is 1. The lowest BCUT2D eigenvalue weighted by molar-refractivity contribution is 0.0924. The number of hydrogen-bond donors (Lipinski definition) is 1. The summed E-state index contributed by atoms with van der Waals surface area (Å²) in [5.41, 5.74) is 1.25. The van der Waals surface area contributed by atoms with E-state index in [9.17, 15) is 0 Å². The fourth-order valence-electron chi connectivity index (χ4n) is 3.83. The van der Waals surface area contributed by atoms with E-state index in [1.165, 1.54) is 56.9 Å². The molecule has 0 heterocycles. The number of para-hydroxylation sites is 1. The zero-order chi connectivity index (χ0) is 17.3. The summed E-state index contributed by atoms with van der Waals surface area (Å²) >= 11 is 0. The second-order valence-corrected chi connectivity index (χ2v) is 8.00. The zero-order valence-electron chi connectivity index (χ0n) is 15.8. The van der Waals surface area contributed by atoms with Gasteiger partial charge in [-0.25, -0.2) is 0 Å². The van der Waals surface area contributed by atoms with Crippen LogP contribution in [0.3, 0.4) is 0 Å². The maximum absolute atomic E-state index is 5.96. The Kier molecular flexibility index (Phi) is 7.62. The summed E-state index contributed by atoms with van der Waals surface area (Å²) in [5, 5.41) is 3.70. The summed E-state index contributed by atoms with van der Waals surface area (Å²) in [7, 11) is 0. The van der Waals surface area contributed by atoms with E-state index in [4.69, 9.17) is 9.47 Å². The first-order valence-corrected chi connectivity index (χ1v) is 10.3. The first-order chi connectivity index (χ1) is 12.3. The molecule has 0 aromatic heterocycles. The Morgan fingerprint density at radius 1 is 1.00 bits per heavy atom. The summed E-state index contributed by atoms with van der Waals surface area (Å²) in [6.45, 7) is 5.44. The molecule has 1 atom stereocenters. The third-order valence-corrected chi connectivity index (χ3v) is 5.56. The molecule has 2 aliphatic rings. The van der Waals surface area contributed by atoms with Gasteiger partial charge in [0.2, 0.25) is 0 Å². The van der Waals surface area contributed by atoms with Gasteiger partial charge in [0.1, 0.15) is 12.4 Å². The van der Waals surface area contributed by atoms with E-state index in [0.717, 1.165) is 30.7 Å². The van der Waals surface area contributed by atoms with Crippen molar-refractivity contribution in [1.82, 2.24) is 5.32 Å². The summed E-state index contributed by atoms with van der Waals surface area (Å²) < 4.78 is 11.6. The average molecular weight is 346 g/mol. The molecule has 2 saturated carbocycles. The van der Waals surface area contributed by atoms with Gasteiger partial charge in [-0.3, -0.25) is 0 Å². The highest BCUT2D eigenvalue weighted by Crippen LogP contribution is 2.29. The standard InChI is InChI=1S/C22H35NO2/c1-18(15-19-7-3-2-4-8-19)23-16-21-9-5-6-10-22(21)25-14-13-24-17-20-11-12-20/h5-6,9-10,18-20,23H,2-4,7-8,11-17H2,1H3. The van der Waals surface area contributed by atoms with Gasteiger partial charge in [-0.15, -0.1) is 0 Å². The molecule has 1 unspecified atom stereocenters. The molecule has 1 aromatic rings. The largest absolute Gasteiger partial charge is 0.491 e. The quantitative estimate of drug-likeness (QED) is 0.576. The molecular weight excluding hydrogens is 310 g/mol. The van der Waals surface area contributed by atoms with Gasteiger partial charge in [0, 0.05) is 24.8 Å². The minimum Gasteiger partial charge on any atom is -0.491 e. The Hall–Kier alpha value is -1.06. The molecule has 1 N–H and O–H groups in total. The van der Waals surface area contributed by atoms with Crippen molar-refractivity contribution in [3.63, 3.8) is 0 Å². The van der Waals surface area contributed by atoms with Crippen LogP contribution in [-0.2, 0) is 11.3 Å². The van der Waals surface area contributed by atoms with Gasteiger partial charge in [-0.1, -0.05) is 50.3 Å². The van der Waals surface area contributed by atoms with E-state index >= 15 is 0 Å². The monoisotopic (exact) mass is 345 g/mol. The van der Waals surface area contributed by atoms with Crippen LogP contribution in [0.2, 0.25) is 0 Å². The lowest BCUT2D eigenvalue weighted by Gasteiger charge is -2.25. The van der Waals surface area contributed by atoms with Gasteiger partial charge in [0.05, 0.1) is 6.61 Å². The Labute approximate surface area is 153 Å². The van der Waals surface area contributed by atoms with Crippen LogP contribution in [0, 0.1) is 11.8 Å². The first-order valence-electron chi connectivity index (χ1n) is 10.3. The first kappa shape index (κ1) is 18.7. The molecule has 0 saturated heterocycles. The molecule has 0 bridgehead atoms. The molecule has 0 aliphatic heterocycles. The smallest absolute Gasteiger partial charge is 0.123 e. The predicted octanol–water partition coefficient (Wildman–Crippen LogP) is 4.94. The van der Waals surface area contributed by atoms with Crippen LogP contribution in [0.1, 0.15) is 63.9 Å². The van der Waals surface area contributed by atoms with Crippen LogP contribution in [0.5, 0.6) is 5.75 Å². The maximum Gasteiger partial charge on any atom is 0.123 e. The van der Waals surface area contributed by atoms with Gasteiger partial charge >= 0.3 is 0 Å². The molecule has 25 heavy (non-hydrogen) atoms. The van der Waals surface area contributed by atoms with Gasteiger partial charge in [-0.2, -0.15) is 0 Å². The van der Waals surface area contributed by atoms with Crippen molar-refractivity contribution in [2.75, 3.05) is 19.8 Å². The third-order valence-electron chi connectivity index (χ3n) is 5.56. The third kappa shape index (κ3) is 6.99. The topological polar surface area (TPSA) is 30.5 Å². The molecule has 3 nitrogen and oxygen atoms in total. The summed E-state index contributed by atoms with van der Waals surface area (Å²) in [5.74, 6) is 2.74. The van der Waals surface area contributed by atoms with E-state index in [1.54, 1.807) is 0 Å². The van der Waals surface area contributed by atoms with Gasteiger partial charge in [0.25, 0.3) is 0 Å². The number of rotatable bonds is 11. The highest BCUT2D eigenvalue weighted by atomic mass is 16.5. The zero-order valence-corrected chi connectivity index (χ0v) is 15.8. The van der Waals surface area contributed by atoms with E-state index in [-0.39, 0.29) is 0 Å². The molecule has 3 heteroatoms. The van der Waals surface area contributed by atoms with Crippen LogP contribution < -0.4 is 10.1 Å². The molecule has 3 rings (SSSR count). The number of nitrogens with one attached hydrogen (secondary N) is 1. The Bertz CT molecular complexity index is 495. The maximum atomic E-state index is 5.96.